The number of allylic oxidation sites excluding steroid dienone is 1. The van der Waals surface area contributed by atoms with Gasteiger partial charge in [0.2, 0.25) is 0 Å². The fourth-order valence-electron chi connectivity index (χ4n) is 2.17. The monoisotopic (exact) mass is 370 g/mol. The highest BCUT2D eigenvalue weighted by Gasteiger charge is 2.23. The largest absolute Gasteiger partial charge is 0.462 e. The number of ether oxygens (including phenoxy) is 1. The zero-order valence-electron chi connectivity index (χ0n) is 13.7. The normalized spacial score (nSPS) is 10.8. The van der Waals surface area contributed by atoms with Gasteiger partial charge in [-0.3, -0.25) is 4.79 Å². The molecule has 2 rings (SSSR count). The average Bonchev–Trinajstić information content (AvgIpc) is 3.20. The van der Waals surface area contributed by atoms with E-state index in [9.17, 15) is 20.1 Å². The van der Waals surface area contributed by atoms with Crippen molar-refractivity contribution in [1.29, 1.82) is 10.5 Å². The Morgan fingerprint density at radius 3 is 2.68 bits per heavy atom. The zero-order chi connectivity index (χ0) is 18.4. The quantitative estimate of drug-likeness (QED) is 0.437. The lowest BCUT2D eigenvalue weighted by atomic mass is 10.0. The van der Waals surface area contributed by atoms with Crippen molar-refractivity contribution in [1.82, 2.24) is 0 Å². The number of ketones is 1. The van der Waals surface area contributed by atoms with E-state index in [1.165, 1.54) is 17.4 Å². The van der Waals surface area contributed by atoms with Crippen molar-refractivity contribution >= 4 is 40.5 Å². The van der Waals surface area contributed by atoms with Crippen LogP contribution in [-0.4, -0.2) is 18.4 Å². The van der Waals surface area contributed by atoms with Crippen LogP contribution in [0.5, 0.6) is 0 Å². The van der Waals surface area contributed by atoms with Gasteiger partial charge in [-0.15, -0.1) is 22.7 Å². The molecule has 0 spiro atoms. The van der Waals surface area contributed by atoms with Gasteiger partial charge in [0.1, 0.15) is 17.0 Å². The van der Waals surface area contributed by atoms with Crippen LogP contribution >= 0.6 is 22.7 Å². The Morgan fingerprint density at radius 2 is 2.12 bits per heavy atom. The summed E-state index contributed by atoms with van der Waals surface area (Å²) in [5, 5.41) is 20.5. The predicted molar refractivity (Wildman–Crippen MR) is 96.3 cm³/mol. The molecule has 0 fully saturated rings. The molecule has 5 nitrogen and oxygen atoms in total. The van der Waals surface area contributed by atoms with Gasteiger partial charge in [-0.25, -0.2) is 4.79 Å². The number of nitrogens with zero attached hydrogens (tertiary/aromatic N) is 2. The first-order valence-electron chi connectivity index (χ1n) is 7.39. The second-order valence-electron chi connectivity index (χ2n) is 4.97. The molecule has 0 amide bonds. The molecular formula is C18H14N2O3S2. The van der Waals surface area contributed by atoms with Crippen molar-refractivity contribution in [2.75, 3.05) is 6.61 Å². The lowest BCUT2D eigenvalue weighted by Gasteiger charge is -1.98. The predicted octanol–water partition coefficient (Wildman–Crippen LogP) is 3.89. The fraction of sp³-hybridized carbons (Fsp3) is 0.222. The van der Waals surface area contributed by atoms with E-state index in [4.69, 9.17) is 4.74 Å². The van der Waals surface area contributed by atoms with Crippen LogP contribution in [0.3, 0.4) is 0 Å². The molecule has 126 valence electrons. The third kappa shape index (κ3) is 4.21. The molecule has 0 unspecified atom stereocenters. The molecule has 0 radical (unpaired) electrons. The van der Waals surface area contributed by atoms with E-state index >= 15 is 0 Å². The maximum Gasteiger partial charge on any atom is 0.348 e. The highest BCUT2D eigenvalue weighted by Crippen LogP contribution is 2.29. The molecule has 0 atom stereocenters. The number of esters is 1. The van der Waals surface area contributed by atoms with Crippen molar-refractivity contribution in [3.63, 3.8) is 0 Å². The molecule has 2 aromatic rings. The van der Waals surface area contributed by atoms with Crippen LogP contribution in [0, 0.1) is 29.6 Å². The topological polar surface area (TPSA) is 90.9 Å². The number of carbonyl (C=O) groups is 2. The number of hydrogen-bond acceptors (Lipinski definition) is 7. The maximum atomic E-state index is 12.4. The smallest absolute Gasteiger partial charge is 0.348 e. The van der Waals surface area contributed by atoms with Crippen LogP contribution in [0.4, 0.5) is 0 Å². The number of hydrogen-bond donors (Lipinski definition) is 0. The van der Waals surface area contributed by atoms with Gasteiger partial charge in [0.25, 0.3) is 0 Å². The van der Waals surface area contributed by atoms with Crippen molar-refractivity contribution in [2.24, 2.45) is 0 Å². The molecule has 2 heterocycles. The van der Waals surface area contributed by atoms with Crippen LogP contribution in [0.2, 0.25) is 0 Å². The van der Waals surface area contributed by atoms with Gasteiger partial charge >= 0.3 is 5.97 Å². The van der Waals surface area contributed by atoms with E-state index in [0.717, 1.165) is 16.2 Å². The van der Waals surface area contributed by atoms with Gasteiger partial charge in [-0.1, -0.05) is 6.07 Å². The minimum absolute atomic E-state index is 0.0232. The standard InChI is InChI=1S/C18H14N2O3S2/c1-3-23-18(22)17-11(2)14(10-20)16(25-17)8-15(21)12(9-19)7-13-5-4-6-24-13/h4-7H,3,8H2,1-2H3/b12-7+. The Hall–Kier alpha value is -2.74. The number of carbonyl (C=O) groups excluding carboxylic acids is 2. The van der Waals surface area contributed by atoms with Crippen LogP contribution < -0.4 is 0 Å². The lowest BCUT2D eigenvalue weighted by Crippen LogP contribution is -2.05. The molecule has 0 aliphatic carbocycles. The van der Waals surface area contributed by atoms with Gasteiger partial charge in [0.15, 0.2) is 5.78 Å². The summed E-state index contributed by atoms with van der Waals surface area (Å²) >= 11 is 2.49. The molecule has 0 N–H and O–H groups in total. The minimum Gasteiger partial charge on any atom is -0.462 e. The molecule has 0 aliphatic rings. The van der Waals surface area contributed by atoms with Gasteiger partial charge in [-0.2, -0.15) is 10.5 Å². The maximum absolute atomic E-state index is 12.4. The average molecular weight is 370 g/mol. The first kappa shape index (κ1) is 18.6. The van der Waals surface area contributed by atoms with E-state index in [1.54, 1.807) is 13.8 Å². The summed E-state index contributed by atoms with van der Waals surface area (Å²) in [7, 11) is 0. The summed E-state index contributed by atoms with van der Waals surface area (Å²) in [6.07, 6.45) is 1.43. The van der Waals surface area contributed by atoms with Crippen LogP contribution in [0.25, 0.3) is 6.08 Å². The lowest BCUT2D eigenvalue weighted by molar-refractivity contribution is -0.114. The summed E-state index contributed by atoms with van der Waals surface area (Å²) < 4.78 is 4.98. The highest BCUT2D eigenvalue weighted by molar-refractivity contribution is 7.14. The number of nitriles is 2. The van der Waals surface area contributed by atoms with E-state index in [0.29, 0.717) is 20.9 Å². The molecule has 2 aromatic heterocycles. The van der Waals surface area contributed by atoms with Crippen molar-refractivity contribution in [3.8, 4) is 12.1 Å². The third-order valence-electron chi connectivity index (χ3n) is 3.36. The summed E-state index contributed by atoms with van der Waals surface area (Å²) in [4.78, 5) is 26.0. The van der Waals surface area contributed by atoms with Gasteiger partial charge in [0, 0.05) is 16.2 Å². The summed E-state index contributed by atoms with van der Waals surface area (Å²) in [6.45, 7) is 3.58. The molecular weight excluding hydrogens is 356 g/mol. The first-order valence-corrected chi connectivity index (χ1v) is 9.09. The van der Waals surface area contributed by atoms with E-state index in [2.05, 4.69) is 0 Å². The van der Waals surface area contributed by atoms with E-state index in [1.807, 2.05) is 29.7 Å². The number of thiophene rings is 2. The molecule has 0 saturated carbocycles. The molecule has 0 saturated heterocycles. The van der Waals surface area contributed by atoms with Crippen LogP contribution in [-0.2, 0) is 16.0 Å². The Balaban J connectivity index is 2.32. The Morgan fingerprint density at radius 1 is 1.36 bits per heavy atom. The summed E-state index contributed by atoms with van der Waals surface area (Å²) in [5.41, 5.74) is 0.833. The molecule has 25 heavy (non-hydrogen) atoms. The summed E-state index contributed by atoms with van der Waals surface area (Å²) in [5.74, 6) is -0.890. The van der Waals surface area contributed by atoms with Crippen molar-refractivity contribution in [3.05, 3.63) is 48.8 Å². The highest BCUT2D eigenvalue weighted by atomic mass is 32.1. The number of rotatable bonds is 6. The first-order chi connectivity index (χ1) is 12.0. The van der Waals surface area contributed by atoms with Crippen LogP contribution in [0.1, 0.15) is 37.5 Å². The minimum atomic E-state index is -0.505. The van der Waals surface area contributed by atoms with Gasteiger partial charge < -0.3 is 4.74 Å². The Kier molecular flexibility index (Phi) is 6.24. The number of Topliss-reactive ketones (excluding diaryl/α,β-unsaturated/α-hetero) is 1. The summed E-state index contributed by atoms with van der Waals surface area (Å²) in [6, 6.07) is 7.59. The molecule has 0 aliphatic heterocycles. The SMILES string of the molecule is CCOC(=O)c1sc(CC(=O)/C(C#N)=C/c2cccs2)c(C#N)c1C. The van der Waals surface area contributed by atoms with E-state index in [-0.39, 0.29) is 24.4 Å². The molecule has 0 aromatic carbocycles. The Bertz CT molecular complexity index is 910. The van der Waals surface area contributed by atoms with Crippen molar-refractivity contribution < 1.29 is 14.3 Å². The van der Waals surface area contributed by atoms with Crippen LogP contribution in [0.15, 0.2) is 23.1 Å². The van der Waals surface area contributed by atoms with Gasteiger partial charge in [-0.05, 0) is 36.9 Å². The van der Waals surface area contributed by atoms with Crippen molar-refractivity contribution in [2.45, 2.75) is 20.3 Å². The van der Waals surface area contributed by atoms with E-state index < -0.39 is 5.97 Å². The van der Waals surface area contributed by atoms with Gasteiger partial charge in [0.05, 0.1) is 17.7 Å². The Labute approximate surface area is 153 Å². The molecule has 0 bridgehead atoms. The molecule has 7 heteroatoms. The zero-order valence-corrected chi connectivity index (χ0v) is 15.3. The third-order valence-corrected chi connectivity index (χ3v) is 5.46. The fourth-order valence-corrected chi connectivity index (χ4v) is 3.97. The second-order valence-corrected chi connectivity index (χ2v) is 7.06. The second kappa shape index (κ2) is 8.39.